The molecule has 2 heterocycles. The second-order valence-electron chi connectivity index (χ2n) is 8.38. The maximum Gasteiger partial charge on any atom is 0.128 e. The Kier molecular flexibility index (Phi) is 4.11. The number of aromatic nitrogens is 2. The van der Waals surface area contributed by atoms with Crippen LogP contribution < -0.4 is 9.64 Å². The molecule has 2 aliphatic carbocycles. The molecule has 146 valence electrons. The fourth-order valence-electron chi connectivity index (χ4n) is 4.43. The Labute approximate surface area is 167 Å². The molecule has 1 aromatic carbocycles. The van der Waals surface area contributed by atoms with Gasteiger partial charge in [0.15, 0.2) is 0 Å². The van der Waals surface area contributed by atoms with E-state index in [2.05, 4.69) is 60.5 Å². The number of aryl methyl sites for hydroxylation is 3. The molecule has 2 aromatic heterocycles. The molecule has 4 heteroatoms. The van der Waals surface area contributed by atoms with Crippen LogP contribution in [0.1, 0.15) is 49.4 Å². The van der Waals surface area contributed by atoms with Gasteiger partial charge in [0.05, 0.1) is 29.7 Å². The Morgan fingerprint density at radius 2 is 1.79 bits per heavy atom. The van der Waals surface area contributed by atoms with Crippen LogP contribution in [0, 0.1) is 13.8 Å². The van der Waals surface area contributed by atoms with E-state index in [1.807, 2.05) is 0 Å². The van der Waals surface area contributed by atoms with Crippen molar-refractivity contribution in [3.63, 3.8) is 0 Å². The van der Waals surface area contributed by atoms with Crippen LogP contribution in [0.25, 0.3) is 16.8 Å². The predicted molar refractivity (Wildman–Crippen MR) is 115 cm³/mol. The van der Waals surface area contributed by atoms with Crippen LogP contribution in [0.15, 0.2) is 30.3 Å². The molecule has 0 radical (unpaired) electrons. The molecule has 3 aromatic rings. The number of rotatable bonds is 6. The van der Waals surface area contributed by atoms with Gasteiger partial charge in [-0.05, 0) is 75.3 Å². The molecular weight excluding hydrogens is 346 g/mol. The average molecular weight is 376 g/mol. The third kappa shape index (κ3) is 2.78. The third-order valence-electron chi connectivity index (χ3n) is 6.13. The normalized spacial score (nSPS) is 16.6. The lowest BCUT2D eigenvalue weighted by Crippen LogP contribution is -2.28. The number of fused-ring (bicyclic) bond motifs is 1. The zero-order chi connectivity index (χ0) is 19.4. The maximum atomic E-state index is 5.72. The van der Waals surface area contributed by atoms with Crippen molar-refractivity contribution in [2.75, 3.05) is 12.0 Å². The predicted octanol–water partition coefficient (Wildman–Crippen LogP) is 5.32. The molecule has 2 aliphatic rings. The van der Waals surface area contributed by atoms with E-state index in [1.165, 1.54) is 53.7 Å². The molecule has 2 fully saturated rings. The summed E-state index contributed by atoms with van der Waals surface area (Å²) in [5, 5.41) is 5.13. The highest BCUT2D eigenvalue weighted by atomic mass is 16.5. The Bertz CT molecular complexity index is 1030. The van der Waals surface area contributed by atoms with E-state index in [-0.39, 0.29) is 0 Å². The highest BCUT2D eigenvalue weighted by molar-refractivity contribution is 5.84. The smallest absolute Gasteiger partial charge is 0.128 e. The van der Waals surface area contributed by atoms with Crippen molar-refractivity contribution in [2.24, 2.45) is 0 Å². The van der Waals surface area contributed by atoms with Crippen molar-refractivity contribution in [1.29, 1.82) is 0 Å². The average Bonchev–Trinajstić information content (AvgIpc) is 3.61. The minimum atomic E-state index is 0.711. The quantitative estimate of drug-likeness (QED) is 0.584. The van der Waals surface area contributed by atoms with E-state index in [0.717, 1.165) is 23.4 Å². The first-order valence-corrected chi connectivity index (χ1v) is 10.6. The topological polar surface area (TPSA) is 29.8 Å². The van der Waals surface area contributed by atoms with E-state index >= 15 is 0 Å². The van der Waals surface area contributed by atoms with Gasteiger partial charge in [-0.2, -0.15) is 5.10 Å². The van der Waals surface area contributed by atoms with Crippen LogP contribution in [0.3, 0.4) is 0 Å². The van der Waals surface area contributed by atoms with E-state index < -0.39 is 0 Å². The van der Waals surface area contributed by atoms with Gasteiger partial charge in [-0.1, -0.05) is 19.1 Å². The molecule has 0 N–H and O–H groups in total. The molecule has 0 saturated heterocycles. The van der Waals surface area contributed by atoms with Crippen LogP contribution in [0.5, 0.6) is 5.75 Å². The number of methoxy groups -OCH3 is 1. The summed E-state index contributed by atoms with van der Waals surface area (Å²) in [6.45, 7) is 6.54. The summed E-state index contributed by atoms with van der Waals surface area (Å²) in [6.07, 6.45) is 6.24. The zero-order valence-electron chi connectivity index (χ0n) is 17.3. The van der Waals surface area contributed by atoms with Gasteiger partial charge in [0, 0.05) is 17.6 Å². The van der Waals surface area contributed by atoms with Crippen LogP contribution in [-0.4, -0.2) is 28.8 Å². The number of nitrogens with zero attached hydrogens (tertiary/aromatic N) is 3. The Morgan fingerprint density at radius 1 is 1.07 bits per heavy atom. The fourth-order valence-corrected chi connectivity index (χ4v) is 4.43. The minimum absolute atomic E-state index is 0.711. The van der Waals surface area contributed by atoms with Crippen molar-refractivity contribution >= 4 is 11.2 Å². The number of hydrogen-bond donors (Lipinski definition) is 0. The number of ether oxygens (including phenoxy) is 1. The minimum Gasteiger partial charge on any atom is -0.496 e. The summed E-state index contributed by atoms with van der Waals surface area (Å²) >= 11 is 0. The van der Waals surface area contributed by atoms with Gasteiger partial charge in [-0.15, -0.1) is 0 Å². The lowest BCUT2D eigenvalue weighted by atomic mass is 10.1. The molecule has 28 heavy (non-hydrogen) atoms. The Hall–Kier alpha value is -2.49. The fraction of sp³-hybridized carbons (Fsp3) is 0.458. The monoisotopic (exact) mass is 375 g/mol. The number of pyridine rings is 1. The van der Waals surface area contributed by atoms with Crippen molar-refractivity contribution in [1.82, 2.24) is 9.61 Å². The Morgan fingerprint density at radius 3 is 2.39 bits per heavy atom. The molecule has 0 aliphatic heterocycles. The molecule has 0 amide bonds. The highest BCUT2D eigenvalue weighted by Gasteiger charge is 2.41. The summed E-state index contributed by atoms with van der Waals surface area (Å²) in [7, 11) is 1.75. The van der Waals surface area contributed by atoms with Gasteiger partial charge in [-0.25, -0.2) is 4.52 Å². The molecule has 0 atom stereocenters. The lowest BCUT2D eigenvalue weighted by molar-refractivity contribution is 0.416. The number of hydrogen-bond acceptors (Lipinski definition) is 3. The van der Waals surface area contributed by atoms with Gasteiger partial charge in [0.25, 0.3) is 0 Å². The highest BCUT2D eigenvalue weighted by Crippen LogP contribution is 2.45. The first kappa shape index (κ1) is 17.6. The standard InChI is InChI=1S/C24H29N3O/c1-5-20-24(26(17-8-9-17)18-10-11-18)23-16(3)7-13-21(27(23)25-20)19-12-6-15(2)14-22(19)28-4/h6-7,12-14,17-18H,5,8-11H2,1-4H3. The summed E-state index contributed by atoms with van der Waals surface area (Å²) in [5.74, 6) is 0.904. The van der Waals surface area contributed by atoms with E-state index in [0.29, 0.717) is 12.1 Å². The molecule has 5 rings (SSSR count). The Balaban J connectivity index is 1.77. The summed E-state index contributed by atoms with van der Waals surface area (Å²) in [5.41, 5.74) is 8.58. The van der Waals surface area contributed by atoms with Gasteiger partial charge in [0.2, 0.25) is 0 Å². The summed E-state index contributed by atoms with van der Waals surface area (Å²) < 4.78 is 7.89. The van der Waals surface area contributed by atoms with Crippen molar-refractivity contribution in [3.05, 3.63) is 47.2 Å². The van der Waals surface area contributed by atoms with E-state index in [1.54, 1.807) is 7.11 Å². The van der Waals surface area contributed by atoms with Crippen molar-refractivity contribution < 1.29 is 4.74 Å². The number of anilines is 1. The van der Waals surface area contributed by atoms with Crippen LogP contribution in [0.2, 0.25) is 0 Å². The van der Waals surface area contributed by atoms with Crippen molar-refractivity contribution in [3.8, 4) is 17.0 Å². The third-order valence-corrected chi connectivity index (χ3v) is 6.13. The van der Waals surface area contributed by atoms with Crippen LogP contribution in [0.4, 0.5) is 5.69 Å². The van der Waals surface area contributed by atoms with Crippen LogP contribution in [-0.2, 0) is 6.42 Å². The molecule has 0 spiro atoms. The van der Waals surface area contributed by atoms with E-state index in [9.17, 15) is 0 Å². The summed E-state index contributed by atoms with van der Waals surface area (Å²) in [4.78, 5) is 2.71. The second-order valence-corrected chi connectivity index (χ2v) is 8.38. The first-order valence-electron chi connectivity index (χ1n) is 10.6. The summed E-state index contributed by atoms with van der Waals surface area (Å²) in [6, 6.07) is 12.3. The first-order chi connectivity index (χ1) is 13.6. The molecule has 2 saturated carbocycles. The largest absolute Gasteiger partial charge is 0.496 e. The molecule has 0 bridgehead atoms. The second kappa shape index (κ2) is 6.54. The zero-order valence-corrected chi connectivity index (χ0v) is 17.3. The van der Waals surface area contributed by atoms with Crippen molar-refractivity contribution in [2.45, 2.75) is 65.0 Å². The number of benzene rings is 1. The van der Waals surface area contributed by atoms with Gasteiger partial charge in [-0.3, -0.25) is 0 Å². The van der Waals surface area contributed by atoms with Gasteiger partial charge < -0.3 is 9.64 Å². The SMILES string of the molecule is CCc1nn2c(-c3ccc(C)cc3OC)ccc(C)c2c1N(C1CC1)C1CC1. The lowest BCUT2D eigenvalue weighted by Gasteiger charge is -2.25. The van der Waals surface area contributed by atoms with Crippen LogP contribution >= 0.6 is 0 Å². The molecule has 0 unspecified atom stereocenters. The maximum absolute atomic E-state index is 5.72. The molecular formula is C24H29N3O. The van der Waals surface area contributed by atoms with E-state index in [4.69, 9.17) is 9.84 Å². The van der Waals surface area contributed by atoms with Gasteiger partial charge >= 0.3 is 0 Å². The molecule has 4 nitrogen and oxygen atoms in total. The van der Waals surface area contributed by atoms with Gasteiger partial charge in [0.1, 0.15) is 5.75 Å².